The number of hydrogen-bond acceptors (Lipinski definition) is 3. The Morgan fingerprint density at radius 3 is 2.44 bits per heavy atom. The lowest BCUT2D eigenvalue weighted by Crippen LogP contribution is -2.40. The first kappa shape index (κ1) is 18.6. The van der Waals surface area contributed by atoms with E-state index >= 15 is 0 Å². The van der Waals surface area contributed by atoms with E-state index in [1.165, 1.54) is 25.0 Å². The summed E-state index contributed by atoms with van der Waals surface area (Å²) in [6, 6.07) is 8.63. The number of aromatic nitrogens is 2. The maximum atomic E-state index is 13.3. The van der Waals surface area contributed by atoms with Gasteiger partial charge < -0.3 is 9.67 Å². The van der Waals surface area contributed by atoms with E-state index < -0.39 is 11.0 Å². The molecule has 1 aromatic heterocycles. The second-order valence-electron chi connectivity index (χ2n) is 8.10. The fraction of sp³-hybridized carbons (Fsp3) is 0.524. The predicted octanol–water partition coefficient (Wildman–Crippen LogP) is 4.73. The third-order valence-corrected chi connectivity index (χ3v) is 7.16. The standard InChI is InChI=1S/C21H23BrFN3O/c1-14-18(22)26(12-15-2-3-15)19(25-14)21(27)10-8-20(13-24,9-11-21)16-4-6-17(23)7-5-16/h4-7,15,27H,2-3,8-12H2,1H3. The number of aliphatic hydroxyl groups is 1. The zero-order valence-corrected chi connectivity index (χ0v) is 17.0. The summed E-state index contributed by atoms with van der Waals surface area (Å²) < 4.78 is 16.3. The third-order valence-electron chi connectivity index (χ3n) is 6.16. The fourth-order valence-electron chi connectivity index (χ4n) is 4.18. The van der Waals surface area contributed by atoms with Crippen molar-refractivity contribution in [3.8, 4) is 6.07 Å². The van der Waals surface area contributed by atoms with Crippen molar-refractivity contribution >= 4 is 15.9 Å². The van der Waals surface area contributed by atoms with E-state index in [4.69, 9.17) is 0 Å². The zero-order chi connectivity index (χ0) is 19.2. The molecule has 2 saturated carbocycles. The molecule has 27 heavy (non-hydrogen) atoms. The molecule has 2 aliphatic rings. The van der Waals surface area contributed by atoms with Crippen LogP contribution in [0.2, 0.25) is 0 Å². The summed E-state index contributed by atoms with van der Waals surface area (Å²) in [5.74, 6) is 1.07. The van der Waals surface area contributed by atoms with E-state index in [1.54, 1.807) is 12.1 Å². The lowest BCUT2D eigenvalue weighted by Gasteiger charge is -2.40. The average Bonchev–Trinajstić information content (AvgIpc) is 3.44. The van der Waals surface area contributed by atoms with Gasteiger partial charge in [-0.1, -0.05) is 12.1 Å². The SMILES string of the molecule is Cc1nc(C2(O)CCC(C#N)(c3ccc(F)cc3)CC2)n(CC2CC2)c1Br. The number of hydrogen-bond donors (Lipinski definition) is 1. The van der Waals surface area contributed by atoms with Crippen LogP contribution < -0.4 is 0 Å². The van der Waals surface area contributed by atoms with Gasteiger partial charge in [-0.25, -0.2) is 9.37 Å². The zero-order valence-electron chi connectivity index (χ0n) is 15.4. The van der Waals surface area contributed by atoms with Gasteiger partial charge in [0.15, 0.2) is 0 Å². The number of nitriles is 1. The average molecular weight is 432 g/mol. The van der Waals surface area contributed by atoms with Crippen molar-refractivity contribution in [3.63, 3.8) is 0 Å². The van der Waals surface area contributed by atoms with E-state index in [0.29, 0.717) is 37.4 Å². The molecule has 1 N–H and O–H groups in total. The van der Waals surface area contributed by atoms with Crippen LogP contribution >= 0.6 is 15.9 Å². The largest absolute Gasteiger partial charge is 0.382 e. The van der Waals surface area contributed by atoms with Crippen LogP contribution in [0.4, 0.5) is 4.39 Å². The van der Waals surface area contributed by atoms with Gasteiger partial charge in [-0.2, -0.15) is 5.26 Å². The number of imidazole rings is 1. The predicted molar refractivity (Wildman–Crippen MR) is 103 cm³/mol. The molecule has 0 atom stereocenters. The summed E-state index contributed by atoms with van der Waals surface area (Å²) in [5, 5.41) is 21.3. The van der Waals surface area contributed by atoms with Crippen LogP contribution in [0.1, 0.15) is 55.6 Å². The molecule has 6 heteroatoms. The Balaban J connectivity index is 1.62. The molecule has 2 fully saturated rings. The Morgan fingerprint density at radius 2 is 1.89 bits per heavy atom. The number of aryl methyl sites for hydroxylation is 1. The maximum absolute atomic E-state index is 13.3. The molecule has 4 rings (SSSR count). The summed E-state index contributed by atoms with van der Waals surface area (Å²) >= 11 is 3.63. The molecule has 142 valence electrons. The molecule has 0 spiro atoms. The highest BCUT2D eigenvalue weighted by Gasteiger charge is 2.46. The molecule has 0 bridgehead atoms. The van der Waals surface area contributed by atoms with Gasteiger partial charge >= 0.3 is 0 Å². The maximum Gasteiger partial charge on any atom is 0.142 e. The van der Waals surface area contributed by atoms with Gasteiger partial charge in [0.1, 0.15) is 21.8 Å². The fourth-order valence-corrected chi connectivity index (χ4v) is 4.58. The van der Waals surface area contributed by atoms with Crippen molar-refractivity contribution in [1.82, 2.24) is 9.55 Å². The first-order valence-electron chi connectivity index (χ1n) is 9.50. The molecule has 0 unspecified atom stereocenters. The topological polar surface area (TPSA) is 61.8 Å². The van der Waals surface area contributed by atoms with Gasteiger partial charge in [-0.05, 0) is 85.0 Å². The van der Waals surface area contributed by atoms with E-state index in [-0.39, 0.29) is 5.82 Å². The van der Waals surface area contributed by atoms with Gasteiger partial charge in [0.05, 0.1) is 17.2 Å². The Bertz CT molecular complexity index is 887. The molecular weight excluding hydrogens is 409 g/mol. The third kappa shape index (κ3) is 3.32. The minimum absolute atomic E-state index is 0.304. The summed E-state index contributed by atoms with van der Waals surface area (Å²) in [7, 11) is 0. The normalized spacial score (nSPS) is 28.1. The van der Waals surface area contributed by atoms with Gasteiger partial charge in [-0.15, -0.1) is 0 Å². The lowest BCUT2D eigenvalue weighted by atomic mass is 9.66. The van der Waals surface area contributed by atoms with E-state index in [1.807, 2.05) is 6.92 Å². The molecule has 0 aliphatic heterocycles. The summed E-state index contributed by atoms with van der Waals surface area (Å²) in [6.07, 6.45) is 4.43. The minimum atomic E-state index is -1.04. The first-order chi connectivity index (χ1) is 12.9. The quantitative estimate of drug-likeness (QED) is 0.760. The Labute approximate surface area is 167 Å². The first-order valence-corrected chi connectivity index (χ1v) is 10.3. The molecule has 0 saturated heterocycles. The lowest BCUT2D eigenvalue weighted by molar-refractivity contribution is -0.0247. The van der Waals surface area contributed by atoms with Crippen LogP contribution in [0.3, 0.4) is 0 Å². The molecule has 0 amide bonds. The summed E-state index contributed by atoms with van der Waals surface area (Å²) in [4.78, 5) is 4.68. The molecule has 2 aliphatic carbocycles. The highest BCUT2D eigenvalue weighted by molar-refractivity contribution is 9.10. The van der Waals surface area contributed by atoms with Crippen LogP contribution in [0, 0.1) is 30.0 Å². The van der Waals surface area contributed by atoms with Crippen LogP contribution in [0.25, 0.3) is 0 Å². The van der Waals surface area contributed by atoms with Crippen LogP contribution in [0.5, 0.6) is 0 Å². The molecular formula is C21H23BrFN3O. The highest BCUT2D eigenvalue weighted by atomic mass is 79.9. The van der Waals surface area contributed by atoms with Gasteiger partial charge in [0, 0.05) is 6.54 Å². The second-order valence-corrected chi connectivity index (χ2v) is 8.85. The summed E-state index contributed by atoms with van der Waals surface area (Å²) in [6.45, 7) is 2.82. The minimum Gasteiger partial charge on any atom is -0.382 e. The Morgan fingerprint density at radius 1 is 1.26 bits per heavy atom. The smallest absolute Gasteiger partial charge is 0.142 e. The number of halogens is 2. The monoisotopic (exact) mass is 431 g/mol. The van der Waals surface area contributed by atoms with Crippen molar-refractivity contribution in [2.24, 2.45) is 5.92 Å². The highest BCUT2D eigenvalue weighted by Crippen LogP contribution is 2.47. The van der Waals surface area contributed by atoms with Crippen LogP contribution in [-0.2, 0) is 17.6 Å². The van der Waals surface area contributed by atoms with Crippen molar-refractivity contribution in [2.45, 2.75) is 63.0 Å². The van der Waals surface area contributed by atoms with Crippen molar-refractivity contribution in [2.75, 3.05) is 0 Å². The summed E-state index contributed by atoms with van der Waals surface area (Å²) in [5.41, 5.74) is -0.00604. The molecule has 1 heterocycles. The molecule has 1 aromatic carbocycles. The van der Waals surface area contributed by atoms with Gasteiger partial charge in [-0.3, -0.25) is 0 Å². The van der Waals surface area contributed by atoms with E-state index in [0.717, 1.165) is 22.4 Å². The van der Waals surface area contributed by atoms with Crippen molar-refractivity contribution < 1.29 is 9.50 Å². The van der Waals surface area contributed by atoms with E-state index in [2.05, 4.69) is 31.6 Å². The molecule has 0 radical (unpaired) electrons. The number of rotatable bonds is 4. The van der Waals surface area contributed by atoms with Crippen molar-refractivity contribution in [1.29, 1.82) is 5.26 Å². The van der Waals surface area contributed by atoms with E-state index in [9.17, 15) is 14.8 Å². The Hall–Kier alpha value is -1.71. The van der Waals surface area contributed by atoms with Gasteiger partial charge in [0.25, 0.3) is 0 Å². The van der Waals surface area contributed by atoms with Crippen LogP contribution in [0.15, 0.2) is 28.9 Å². The van der Waals surface area contributed by atoms with Gasteiger partial charge in [0.2, 0.25) is 0 Å². The second kappa shape index (κ2) is 6.72. The number of nitrogens with zero attached hydrogens (tertiary/aromatic N) is 3. The number of benzene rings is 1. The van der Waals surface area contributed by atoms with Crippen molar-refractivity contribution in [3.05, 3.63) is 51.8 Å². The van der Waals surface area contributed by atoms with Crippen LogP contribution in [-0.4, -0.2) is 14.7 Å². The Kier molecular flexibility index (Phi) is 4.64. The molecule has 4 nitrogen and oxygen atoms in total. The molecule has 2 aromatic rings.